The Balaban J connectivity index is 1.70. The average molecular weight is 292 g/mol. The van der Waals surface area contributed by atoms with Crippen LogP contribution in [0.2, 0.25) is 0 Å². The predicted molar refractivity (Wildman–Crippen MR) is 82.2 cm³/mol. The molecule has 4 aromatic rings. The Bertz CT molecular complexity index is 959. The van der Waals surface area contributed by atoms with Crippen LogP contribution in [0.15, 0.2) is 42.6 Å². The molecule has 1 aromatic carbocycles. The first-order valence-corrected chi connectivity index (χ1v) is 6.74. The number of hydrogen-bond acceptors (Lipinski definition) is 6. The maximum Gasteiger partial charge on any atom is 0.207 e. The van der Waals surface area contributed by atoms with Gasteiger partial charge in [-0.2, -0.15) is 10.3 Å². The van der Waals surface area contributed by atoms with E-state index < -0.39 is 0 Å². The van der Waals surface area contributed by atoms with Gasteiger partial charge in [-0.15, -0.1) is 5.10 Å². The number of anilines is 1. The van der Waals surface area contributed by atoms with Crippen LogP contribution < -0.4 is 10.5 Å². The highest BCUT2D eigenvalue weighted by Crippen LogP contribution is 2.25. The van der Waals surface area contributed by atoms with Gasteiger partial charge in [0.2, 0.25) is 5.65 Å². The van der Waals surface area contributed by atoms with Gasteiger partial charge in [0.05, 0.1) is 5.52 Å². The first kappa shape index (κ1) is 12.5. The molecule has 0 spiro atoms. The number of benzene rings is 1. The molecule has 3 aromatic heterocycles. The summed E-state index contributed by atoms with van der Waals surface area (Å²) < 4.78 is 5.87. The number of nitrogens with two attached hydrogens (primary N) is 1. The van der Waals surface area contributed by atoms with E-state index in [-0.39, 0.29) is 0 Å². The molecule has 22 heavy (non-hydrogen) atoms. The molecule has 3 heterocycles. The van der Waals surface area contributed by atoms with Gasteiger partial charge in [-0.25, -0.2) is 4.98 Å². The minimum atomic E-state index is 0.340. The molecule has 4 rings (SSSR count). The standard InChI is InChI=1S/C15H12N6O/c16-12-7-11(14-15(18-12)20-21-19-14)22-8-10-4-1-3-9-5-2-6-17-13(9)10/h1-7H,8H2,(H3,16,18,19,20,21). The summed E-state index contributed by atoms with van der Waals surface area (Å²) >= 11 is 0. The summed E-state index contributed by atoms with van der Waals surface area (Å²) in [7, 11) is 0. The van der Waals surface area contributed by atoms with Crippen molar-refractivity contribution in [2.75, 3.05) is 5.73 Å². The van der Waals surface area contributed by atoms with Crippen LogP contribution in [-0.2, 0) is 6.61 Å². The maximum absolute atomic E-state index is 5.87. The quantitative estimate of drug-likeness (QED) is 0.599. The van der Waals surface area contributed by atoms with Crippen LogP contribution in [0.3, 0.4) is 0 Å². The van der Waals surface area contributed by atoms with Crippen molar-refractivity contribution in [2.24, 2.45) is 0 Å². The second-order valence-corrected chi connectivity index (χ2v) is 4.82. The molecule has 3 N–H and O–H groups in total. The SMILES string of the molecule is Nc1cc(OCc2cccc3cccnc23)c2n[nH]nc2n1. The highest BCUT2D eigenvalue weighted by atomic mass is 16.5. The number of aromatic nitrogens is 5. The van der Waals surface area contributed by atoms with E-state index in [1.807, 2.05) is 30.3 Å². The lowest BCUT2D eigenvalue weighted by molar-refractivity contribution is 0.310. The highest BCUT2D eigenvalue weighted by Gasteiger charge is 2.10. The summed E-state index contributed by atoms with van der Waals surface area (Å²) in [6, 6.07) is 11.6. The fourth-order valence-corrected chi connectivity index (χ4v) is 2.38. The lowest BCUT2D eigenvalue weighted by atomic mass is 10.1. The lowest BCUT2D eigenvalue weighted by Gasteiger charge is -2.09. The van der Waals surface area contributed by atoms with Crippen LogP contribution in [0.4, 0.5) is 5.82 Å². The van der Waals surface area contributed by atoms with Crippen LogP contribution in [0.25, 0.3) is 22.1 Å². The Morgan fingerprint density at radius 1 is 1.09 bits per heavy atom. The molecule has 0 bridgehead atoms. The predicted octanol–water partition coefficient (Wildman–Crippen LogP) is 2.06. The number of para-hydroxylation sites is 1. The minimum Gasteiger partial charge on any atom is -0.486 e. The Kier molecular flexibility index (Phi) is 2.82. The van der Waals surface area contributed by atoms with Crippen LogP contribution in [-0.4, -0.2) is 25.4 Å². The number of nitrogens with one attached hydrogen (secondary N) is 1. The maximum atomic E-state index is 5.87. The Labute approximate surface area is 125 Å². The fourth-order valence-electron chi connectivity index (χ4n) is 2.38. The third kappa shape index (κ3) is 2.08. The molecular weight excluding hydrogens is 280 g/mol. The van der Waals surface area contributed by atoms with E-state index in [2.05, 4.69) is 25.4 Å². The van der Waals surface area contributed by atoms with Crippen LogP contribution in [0, 0.1) is 0 Å². The van der Waals surface area contributed by atoms with Gasteiger partial charge in [0, 0.05) is 23.2 Å². The van der Waals surface area contributed by atoms with E-state index in [9.17, 15) is 0 Å². The van der Waals surface area contributed by atoms with Crippen molar-refractivity contribution in [3.8, 4) is 5.75 Å². The van der Waals surface area contributed by atoms with E-state index >= 15 is 0 Å². The number of nitrogen functional groups attached to an aromatic ring is 1. The summed E-state index contributed by atoms with van der Waals surface area (Å²) in [5.41, 5.74) is 8.66. The molecule has 0 radical (unpaired) electrons. The Morgan fingerprint density at radius 2 is 2.00 bits per heavy atom. The number of rotatable bonds is 3. The van der Waals surface area contributed by atoms with Gasteiger partial charge >= 0.3 is 0 Å². The highest BCUT2D eigenvalue weighted by molar-refractivity contribution is 5.82. The molecule has 0 aliphatic rings. The Morgan fingerprint density at radius 3 is 2.95 bits per heavy atom. The van der Waals surface area contributed by atoms with Crippen molar-refractivity contribution in [3.05, 3.63) is 48.2 Å². The average Bonchev–Trinajstić information content (AvgIpc) is 3.00. The molecule has 0 unspecified atom stereocenters. The van der Waals surface area contributed by atoms with Crippen molar-refractivity contribution in [1.29, 1.82) is 0 Å². The van der Waals surface area contributed by atoms with Gasteiger partial charge in [0.25, 0.3) is 0 Å². The fraction of sp³-hybridized carbons (Fsp3) is 0.0667. The topological polar surface area (TPSA) is 103 Å². The normalized spacial score (nSPS) is 11.1. The second-order valence-electron chi connectivity index (χ2n) is 4.82. The number of hydrogen-bond donors (Lipinski definition) is 2. The number of ether oxygens (including phenoxy) is 1. The monoisotopic (exact) mass is 292 g/mol. The number of nitrogens with zero attached hydrogens (tertiary/aromatic N) is 4. The number of pyridine rings is 2. The van der Waals surface area contributed by atoms with Gasteiger partial charge in [-0.3, -0.25) is 4.98 Å². The molecule has 7 heteroatoms. The molecule has 108 valence electrons. The van der Waals surface area contributed by atoms with Gasteiger partial charge < -0.3 is 10.5 Å². The van der Waals surface area contributed by atoms with Crippen molar-refractivity contribution in [3.63, 3.8) is 0 Å². The third-order valence-corrected chi connectivity index (χ3v) is 3.38. The van der Waals surface area contributed by atoms with E-state index in [0.717, 1.165) is 16.5 Å². The first-order valence-electron chi connectivity index (χ1n) is 6.74. The zero-order chi connectivity index (χ0) is 14.9. The van der Waals surface area contributed by atoms with E-state index in [0.29, 0.717) is 29.3 Å². The van der Waals surface area contributed by atoms with Gasteiger partial charge in [-0.1, -0.05) is 24.3 Å². The van der Waals surface area contributed by atoms with Gasteiger partial charge in [-0.05, 0) is 6.07 Å². The molecule has 0 saturated carbocycles. The number of aromatic amines is 1. The van der Waals surface area contributed by atoms with E-state index in [1.54, 1.807) is 12.3 Å². The second kappa shape index (κ2) is 4.96. The molecule has 0 saturated heterocycles. The smallest absolute Gasteiger partial charge is 0.207 e. The van der Waals surface area contributed by atoms with Crippen molar-refractivity contribution in [2.45, 2.75) is 6.61 Å². The van der Waals surface area contributed by atoms with Crippen LogP contribution in [0.1, 0.15) is 5.56 Å². The summed E-state index contributed by atoms with van der Waals surface area (Å²) in [6.07, 6.45) is 1.77. The van der Waals surface area contributed by atoms with Gasteiger partial charge in [0.1, 0.15) is 12.4 Å². The summed E-state index contributed by atoms with van der Waals surface area (Å²) in [4.78, 5) is 8.49. The Hall–Kier alpha value is -3.22. The zero-order valence-electron chi connectivity index (χ0n) is 11.5. The van der Waals surface area contributed by atoms with Crippen LogP contribution in [0.5, 0.6) is 5.75 Å². The first-order chi connectivity index (χ1) is 10.8. The third-order valence-electron chi connectivity index (χ3n) is 3.38. The summed E-state index contributed by atoms with van der Waals surface area (Å²) in [5.74, 6) is 0.886. The minimum absolute atomic E-state index is 0.340. The molecule has 0 aliphatic heterocycles. The van der Waals surface area contributed by atoms with Gasteiger partial charge in [0.15, 0.2) is 11.3 Å². The van der Waals surface area contributed by atoms with Crippen molar-refractivity contribution >= 4 is 27.9 Å². The number of fused-ring (bicyclic) bond motifs is 2. The largest absolute Gasteiger partial charge is 0.486 e. The van der Waals surface area contributed by atoms with E-state index in [1.165, 1.54) is 0 Å². The molecule has 0 atom stereocenters. The van der Waals surface area contributed by atoms with E-state index in [4.69, 9.17) is 10.5 Å². The van der Waals surface area contributed by atoms with Crippen LogP contribution >= 0.6 is 0 Å². The van der Waals surface area contributed by atoms with Crippen molar-refractivity contribution < 1.29 is 4.74 Å². The molecule has 0 amide bonds. The zero-order valence-corrected chi connectivity index (χ0v) is 11.5. The molecule has 0 aliphatic carbocycles. The number of H-pyrrole nitrogens is 1. The molecular formula is C15H12N6O. The van der Waals surface area contributed by atoms with Crippen molar-refractivity contribution in [1.82, 2.24) is 25.4 Å². The molecule has 0 fully saturated rings. The summed E-state index contributed by atoms with van der Waals surface area (Å²) in [5, 5.41) is 11.6. The lowest BCUT2D eigenvalue weighted by Crippen LogP contribution is -2.00. The molecule has 7 nitrogen and oxygen atoms in total. The summed E-state index contributed by atoms with van der Waals surface area (Å²) in [6.45, 7) is 0.361.